The lowest BCUT2D eigenvalue weighted by Crippen LogP contribution is -2.30. The van der Waals surface area contributed by atoms with Crippen molar-refractivity contribution in [3.63, 3.8) is 0 Å². The van der Waals surface area contributed by atoms with Crippen molar-refractivity contribution >= 4 is 17.7 Å². The van der Waals surface area contributed by atoms with Crippen molar-refractivity contribution in [1.82, 2.24) is 5.32 Å². The minimum atomic E-state index is 0.249. The second kappa shape index (κ2) is 2.70. The van der Waals surface area contributed by atoms with E-state index in [0.717, 1.165) is 13.0 Å². The van der Waals surface area contributed by atoms with Crippen molar-refractivity contribution in [3.8, 4) is 0 Å². The summed E-state index contributed by atoms with van der Waals surface area (Å²) >= 11 is 1.99. The van der Waals surface area contributed by atoms with E-state index in [0.29, 0.717) is 4.75 Å². The van der Waals surface area contributed by atoms with Gasteiger partial charge in [-0.15, -0.1) is 0 Å². The fraction of sp³-hybridized carbons (Fsp3) is 0.875. The molecule has 2 heterocycles. The van der Waals surface area contributed by atoms with Crippen molar-refractivity contribution in [1.29, 1.82) is 0 Å². The number of rotatable bonds is 0. The zero-order valence-corrected chi connectivity index (χ0v) is 7.38. The van der Waals surface area contributed by atoms with E-state index >= 15 is 0 Å². The van der Waals surface area contributed by atoms with Crippen LogP contribution in [0.15, 0.2) is 0 Å². The minimum absolute atomic E-state index is 0.249. The molecule has 0 aromatic carbocycles. The molecular weight excluding hydrogens is 158 g/mol. The van der Waals surface area contributed by atoms with Gasteiger partial charge in [0.1, 0.15) is 0 Å². The Hall–Kier alpha value is -0.180. The predicted octanol–water partition coefficient (Wildman–Crippen LogP) is 1.16. The van der Waals surface area contributed by atoms with E-state index in [-0.39, 0.29) is 5.91 Å². The highest BCUT2D eigenvalue weighted by atomic mass is 32.2. The second-order valence-electron chi connectivity index (χ2n) is 3.44. The van der Waals surface area contributed by atoms with E-state index in [1.54, 1.807) is 0 Å². The molecule has 1 unspecified atom stereocenters. The highest BCUT2D eigenvalue weighted by Crippen LogP contribution is 2.40. The van der Waals surface area contributed by atoms with E-state index < -0.39 is 0 Å². The lowest BCUT2D eigenvalue weighted by molar-refractivity contribution is -0.119. The van der Waals surface area contributed by atoms with Gasteiger partial charge in [-0.25, -0.2) is 0 Å². The summed E-state index contributed by atoms with van der Waals surface area (Å²) in [4.78, 5) is 11.0. The van der Waals surface area contributed by atoms with E-state index in [4.69, 9.17) is 0 Å². The maximum absolute atomic E-state index is 11.0. The Labute approximate surface area is 71.1 Å². The monoisotopic (exact) mass is 171 g/mol. The fourth-order valence-corrected chi connectivity index (χ4v) is 3.34. The molecule has 2 rings (SSSR count). The zero-order valence-electron chi connectivity index (χ0n) is 6.56. The Morgan fingerprint density at radius 2 is 2.36 bits per heavy atom. The van der Waals surface area contributed by atoms with Crippen LogP contribution in [-0.2, 0) is 4.79 Å². The average molecular weight is 171 g/mol. The van der Waals surface area contributed by atoms with Crippen molar-refractivity contribution in [2.75, 3.05) is 12.3 Å². The molecule has 1 spiro atoms. The van der Waals surface area contributed by atoms with Crippen LogP contribution in [0.2, 0.25) is 0 Å². The number of hydrogen-bond donors (Lipinski definition) is 1. The van der Waals surface area contributed by atoms with Gasteiger partial charge in [-0.2, -0.15) is 11.8 Å². The first-order valence-corrected chi connectivity index (χ1v) is 5.20. The molecule has 2 fully saturated rings. The molecule has 2 aliphatic rings. The summed E-state index contributed by atoms with van der Waals surface area (Å²) in [5, 5.41) is 2.92. The Kier molecular flexibility index (Phi) is 1.83. The third kappa shape index (κ3) is 1.39. The molecule has 0 radical (unpaired) electrons. The third-order valence-corrected chi connectivity index (χ3v) is 4.12. The molecule has 62 valence electrons. The summed E-state index contributed by atoms with van der Waals surface area (Å²) in [5.41, 5.74) is 0. The normalized spacial score (nSPS) is 37.6. The first kappa shape index (κ1) is 7.47. The van der Waals surface area contributed by atoms with Crippen molar-refractivity contribution in [2.24, 2.45) is 0 Å². The summed E-state index contributed by atoms with van der Waals surface area (Å²) in [6.45, 7) is 0.913. The van der Waals surface area contributed by atoms with Gasteiger partial charge in [0.15, 0.2) is 0 Å². The Balaban J connectivity index is 2.03. The van der Waals surface area contributed by atoms with Gasteiger partial charge in [0.2, 0.25) is 5.91 Å². The maximum atomic E-state index is 11.0. The van der Waals surface area contributed by atoms with Gasteiger partial charge in [0, 0.05) is 17.7 Å². The predicted molar refractivity (Wildman–Crippen MR) is 46.7 cm³/mol. The fourth-order valence-electron chi connectivity index (χ4n) is 1.87. The summed E-state index contributed by atoms with van der Waals surface area (Å²) < 4.78 is 0.301. The van der Waals surface area contributed by atoms with Crippen molar-refractivity contribution in [2.45, 2.75) is 30.4 Å². The molecule has 11 heavy (non-hydrogen) atoms. The van der Waals surface area contributed by atoms with Gasteiger partial charge in [0.05, 0.1) is 0 Å². The number of amides is 1. The number of thioether (sulfide) groups is 1. The average Bonchev–Trinajstić information content (AvgIpc) is 2.34. The van der Waals surface area contributed by atoms with Gasteiger partial charge >= 0.3 is 0 Å². The number of carbonyl (C=O) groups is 1. The van der Waals surface area contributed by atoms with Crippen LogP contribution in [0.5, 0.6) is 0 Å². The first-order valence-electron chi connectivity index (χ1n) is 4.21. The summed E-state index contributed by atoms with van der Waals surface area (Å²) in [6, 6.07) is 0. The van der Waals surface area contributed by atoms with Gasteiger partial charge in [0.25, 0.3) is 0 Å². The molecule has 3 heteroatoms. The molecule has 1 amide bonds. The molecule has 2 aliphatic heterocycles. The summed E-state index contributed by atoms with van der Waals surface area (Å²) in [7, 11) is 0. The summed E-state index contributed by atoms with van der Waals surface area (Å²) in [6.07, 6.45) is 4.64. The highest BCUT2D eigenvalue weighted by molar-refractivity contribution is 8.00. The Bertz CT molecular complexity index is 175. The lowest BCUT2D eigenvalue weighted by atomic mass is 10.00. The van der Waals surface area contributed by atoms with Crippen molar-refractivity contribution < 1.29 is 4.79 Å². The standard InChI is InChI=1S/C8H13NOS/c10-7-5-8(6-9-7)3-1-2-4-11-8/h1-6H2,(H,9,10). The second-order valence-corrected chi connectivity index (χ2v) is 5.01. The largest absolute Gasteiger partial charge is 0.355 e. The highest BCUT2D eigenvalue weighted by Gasteiger charge is 2.39. The molecule has 1 N–H and O–H groups in total. The lowest BCUT2D eigenvalue weighted by Gasteiger charge is -2.30. The molecule has 0 saturated carbocycles. The SMILES string of the molecule is O=C1CC2(CCCCS2)CN1. The number of hydrogen-bond acceptors (Lipinski definition) is 2. The minimum Gasteiger partial charge on any atom is -0.355 e. The molecule has 0 aromatic rings. The molecule has 0 bridgehead atoms. The number of nitrogens with one attached hydrogen (secondary N) is 1. The van der Waals surface area contributed by atoms with E-state index in [9.17, 15) is 4.79 Å². The van der Waals surface area contributed by atoms with E-state index in [1.807, 2.05) is 11.8 Å². The van der Waals surface area contributed by atoms with Crippen LogP contribution in [0.4, 0.5) is 0 Å². The first-order chi connectivity index (χ1) is 5.31. The topological polar surface area (TPSA) is 29.1 Å². The van der Waals surface area contributed by atoms with Crippen LogP contribution in [0, 0.1) is 0 Å². The van der Waals surface area contributed by atoms with Gasteiger partial charge in [-0.3, -0.25) is 4.79 Å². The van der Waals surface area contributed by atoms with Crippen LogP contribution < -0.4 is 5.32 Å². The van der Waals surface area contributed by atoms with Crippen LogP contribution >= 0.6 is 11.8 Å². The quantitative estimate of drug-likeness (QED) is 0.592. The van der Waals surface area contributed by atoms with Crippen LogP contribution in [0.3, 0.4) is 0 Å². The van der Waals surface area contributed by atoms with Gasteiger partial charge in [-0.05, 0) is 18.6 Å². The smallest absolute Gasteiger partial charge is 0.221 e. The van der Waals surface area contributed by atoms with Gasteiger partial charge < -0.3 is 5.32 Å². The van der Waals surface area contributed by atoms with Crippen LogP contribution in [-0.4, -0.2) is 23.0 Å². The third-order valence-electron chi connectivity index (χ3n) is 2.53. The van der Waals surface area contributed by atoms with E-state index in [1.165, 1.54) is 25.0 Å². The van der Waals surface area contributed by atoms with Crippen molar-refractivity contribution in [3.05, 3.63) is 0 Å². The Morgan fingerprint density at radius 3 is 2.91 bits per heavy atom. The molecule has 2 saturated heterocycles. The zero-order chi connectivity index (χ0) is 7.73. The molecule has 2 nitrogen and oxygen atoms in total. The van der Waals surface area contributed by atoms with Gasteiger partial charge in [-0.1, -0.05) is 6.42 Å². The maximum Gasteiger partial charge on any atom is 0.221 e. The van der Waals surface area contributed by atoms with Crippen LogP contribution in [0.1, 0.15) is 25.7 Å². The molecule has 1 atom stereocenters. The van der Waals surface area contributed by atoms with Crippen LogP contribution in [0.25, 0.3) is 0 Å². The molecular formula is C8H13NOS. The van der Waals surface area contributed by atoms with E-state index in [2.05, 4.69) is 5.32 Å². The Morgan fingerprint density at radius 1 is 1.45 bits per heavy atom. The molecule has 0 aromatic heterocycles. The molecule has 0 aliphatic carbocycles. The summed E-state index contributed by atoms with van der Waals surface area (Å²) in [5.74, 6) is 1.49. The number of carbonyl (C=O) groups excluding carboxylic acids is 1.